The lowest BCUT2D eigenvalue weighted by Gasteiger charge is -2.49. The number of sulfonamides is 1. The first kappa shape index (κ1) is 40.0. The third-order valence-corrected chi connectivity index (χ3v) is 14.0. The van der Waals surface area contributed by atoms with Gasteiger partial charge in [-0.05, 0) is 70.6 Å². The molecule has 2 aliphatic heterocycles. The van der Waals surface area contributed by atoms with Crippen molar-refractivity contribution in [1.82, 2.24) is 40.0 Å². The number of fused-ring (bicyclic) bond motifs is 3. The minimum absolute atomic E-state index is 0.00571. The van der Waals surface area contributed by atoms with Crippen LogP contribution in [0, 0.1) is 18.7 Å². The Morgan fingerprint density at radius 1 is 1.16 bits per heavy atom. The van der Waals surface area contributed by atoms with Crippen molar-refractivity contribution in [1.29, 1.82) is 0 Å². The molecule has 304 valence electrons. The highest BCUT2D eigenvalue weighted by atomic mass is 32.2. The number of allylic oxidation sites excluding steroid dienone is 1. The summed E-state index contributed by atoms with van der Waals surface area (Å²) in [5.74, 6) is -3.93. The van der Waals surface area contributed by atoms with Crippen LogP contribution < -0.4 is 20.1 Å². The molecule has 4 heterocycles. The molecule has 0 spiro atoms. The lowest BCUT2D eigenvalue weighted by molar-refractivity contribution is -0.143. The summed E-state index contributed by atoms with van der Waals surface area (Å²) in [5, 5.41) is 10.0. The highest BCUT2D eigenvalue weighted by Gasteiger charge is 2.59. The molecule has 2 aromatic heterocycles. The maximum Gasteiger partial charge on any atom is 0.272 e. The van der Waals surface area contributed by atoms with Crippen LogP contribution in [0.25, 0.3) is 11.0 Å². The standard InChI is InChI=1S/C40H49FN8O7S/c1-6-28-36(44-33-27(41)14-12-16-29(33)42-28)56-25-20-32-35(51)45-40(38(53)47-57(54,55)39(4)17-18-39)21-23(2)26(40)13-10-8-7-9-11-15-30(37(52)49(32)22-25)43-34(50)31-19-24(3)48(5)46-31/h10,12-14,16,19,25-26,30,32H,2,6-9,11,15,17-18,20-22H2,1,3-5H3,(H,43,50)(H,45,51)(H,47,53)/b13-10-/t25-,26?,30+,32+,40-/m1/s1. The predicted octanol–water partition coefficient (Wildman–Crippen LogP) is 3.47. The average molecular weight is 805 g/mol. The predicted molar refractivity (Wildman–Crippen MR) is 208 cm³/mol. The Morgan fingerprint density at radius 3 is 2.61 bits per heavy atom. The fraction of sp³-hybridized carbons (Fsp3) is 0.525. The molecule has 1 unspecified atom stereocenters. The Kier molecular flexibility index (Phi) is 10.7. The summed E-state index contributed by atoms with van der Waals surface area (Å²) in [6.45, 7) is 9.22. The van der Waals surface area contributed by atoms with Gasteiger partial charge in [0.2, 0.25) is 27.7 Å². The number of para-hydroxylation sites is 1. The van der Waals surface area contributed by atoms with Crippen molar-refractivity contribution >= 4 is 44.7 Å². The van der Waals surface area contributed by atoms with Crippen molar-refractivity contribution in [3.8, 4) is 5.88 Å². The van der Waals surface area contributed by atoms with Gasteiger partial charge in [-0.15, -0.1) is 0 Å². The van der Waals surface area contributed by atoms with E-state index < -0.39 is 73.9 Å². The summed E-state index contributed by atoms with van der Waals surface area (Å²) < 4.78 is 50.6. The highest BCUT2D eigenvalue weighted by molar-refractivity contribution is 7.91. The van der Waals surface area contributed by atoms with Crippen molar-refractivity contribution in [2.24, 2.45) is 13.0 Å². The third kappa shape index (κ3) is 7.65. The fourth-order valence-electron chi connectivity index (χ4n) is 7.88. The molecule has 0 radical (unpaired) electrons. The number of carbonyl (C=O) groups excluding carboxylic acids is 4. The second kappa shape index (κ2) is 15.3. The lowest BCUT2D eigenvalue weighted by Crippen LogP contribution is -2.71. The van der Waals surface area contributed by atoms with Gasteiger partial charge in [-0.2, -0.15) is 5.10 Å². The summed E-state index contributed by atoms with van der Waals surface area (Å²) in [5.41, 5.74) is 0.617. The Bertz CT molecular complexity index is 2270. The van der Waals surface area contributed by atoms with E-state index in [1.165, 1.54) is 17.0 Å². The van der Waals surface area contributed by atoms with Gasteiger partial charge >= 0.3 is 0 Å². The van der Waals surface area contributed by atoms with E-state index in [0.717, 1.165) is 12.1 Å². The minimum Gasteiger partial charge on any atom is -0.471 e. The number of nitrogens with zero attached hydrogens (tertiary/aromatic N) is 5. The Morgan fingerprint density at radius 2 is 1.93 bits per heavy atom. The molecule has 3 aromatic rings. The largest absolute Gasteiger partial charge is 0.471 e. The summed E-state index contributed by atoms with van der Waals surface area (Å²) in [4.78, 5) is 67.4. The first-order valence-corrected chi connectivity index (χ1v) is 21.0. The number of carbonyl (C=O) groups is 4. The zero-order chi connectivity index (χ0) is 40.9. The Balaban J connectivity index is 1.24. The summed E-state index contributed by atoms with van der Waals surface area (Å²) in [6.07, 6.45) is 6.89. The van der Waals surface area contributed by atoms with Crippen molar-refractivity contribution in [2.45, 2.75) is 113 Å². The second-order valence-electron chi connectivity index (χ2n) is 16.0. The van der Waals surface area contributed by atoms with Crippen molar-refractivity contribution in [2.75, 3.05) is 6.54 Å². The van der Waals surface area contributed by atoms with E-state index in [0.29, 0.717) is 55.3 Å². The van der Waals surface area contributed by atoms with Crippen LogP contribution in [-0.2, 0) is 37.9 Å². The van der Waals surface area contributed by atoms with Crippen molar-refractivity contribution < 1.29 is 36.7 Å². The number of ether oxygens (including phenoxy) is 1. The summed E-state index contributed by atoms with van der Waals surface area (Å²) in [7, 11) is -2.37. The van der Waals surface area contributed by atoms with Gasteiger partial charge in [0.25, 0.3) is 11.8 Å². The van der Waals surface area contributed by atoms with Crippen LogP contribution in [0.5, 0.6) is 5.88 Å². The number of benzene rings is 1. The molecular formula is C40H49FN8O7S. The van der Waals surface area contributed by atoms with Crippen LogP contribution in [0.4, 0.5) is 4.39 Å². The Labute approximate surface area is 330 Å². The van der Waals surface area contributed by atoms with Crippen LogP contribution in [0.2, 0.25) is 0 Å². The number of aryl methyl sites for hydroxylation is 3. The van der Waals surface area contributed by atoms with Gasteiger partial charge in [-0.25, -0.2) is 22.8 Å². The van der Waals surface area contributed by atoms with E-state index >= 15 is 0 Å². The zero-order valence-electron chi connectivity index (χ0n) is 32.6. The summed E-state index contributed by atoms with van der Waals surface area (Å²) in [6, 6.07) is 3.79. The van der Waals surface area contributed by atoms with Crippen LogP contribution in [0.1, 0.15) is 93.5 Å². The first-order chi connectivity index (χ1) is 27.1. The number of rotatable bonds is 8. The lowest BCUT2D eigenvalue weighted by atomic mass is 9.62. The molecule has 2 saturated carbocycles. The quantitative estimate of drug-likeness (QED) is 0.284. The van der Waals surface area contributed by atoms with Gasteiger partial charge < -0.3 is 20.3 Å². The fourth-order valence-corrected chi connectivity index (χ4v) is 9.19. The second-order valence-corrected chi connectivity index (χ2v) is 18.2. The van der Waals surface area contributed by atoms with Gasteiger partial charge in [-0.3, -0.25) is 28.6 Å². The van der Waals surface area contributed by atoms with Gasteiger partial charge in [0, 0.05) is 31.5 Å². The zero-order valence-corrected chi connectivity index (χ0v) is 33.5. The van der Waals surface area contributed by atoms with Gasteiger partial charge in [0.05, 0.1) is 16.8 Å². The number of amides is 4. The molecule has 4 aliphatic rings. The van der Waals surface area contributed by atoms with Gasteiger partial charge in [0.1, 0.15) is 40.6 Å². The smallest absolute Gasteiger partial charge is 0.272 e. The van der Waals surface area contributed by atoms with Crippen LogP contribution in [0.3, 0.4) is 0 Å². The van der Waals surface area contributed by atoms with E-state index in [9.17, 15) is 32.0 Å². The van der Waals surface area contributed by atoms with E-state index in [4.69, 9.17) is 4.74 Å². The van der Waals surface area contributed by atoms with Crippen molar-refractivity contribution in [3.05, 3.63) is 71.5 Å². The minimum atomic E-state index is -4.08. The van der Waals surface area contributed by atoms with E-state index in [1.54, 1.807) is 43.8 Å². The van der Waals surface area contributed by atoms with E-state index in [-0.39, 0.29) is 42.9 Å². The Hall–Kier alpha value is -5.19. The molecule has 7 rings (SSSR count). The molecule has 1 saturated heterocycles. The van der Waals surface area contributed by atoms with E-state index in [1.807, 2.05) is 13.0 Å². The molecule has 5 atom stereocenters. The molecule has 15 nitrogen and oxygen atoms in total. The first-order valence-electron chi connectivity index (χ1n) is 19.5. The monoisotopic (exact) mass is 804 g/mol. The van der Waals surface area contributed by atoms with Crippen molar-refractivity contribution in [3.63, 3.8) is 0 Å². The molecule has 3 fully saturated rings. The maximum atomic E-state index is 14.9. The van der Waals surface area contributed by atoms with Gasteiger partial charge in [0.15, 0.2) is 5.82 Å². The highest BCUT2D eigenvalue weighted by Crippen LogP contribution is 2.47. The third-order valence-electron chi connectivity index (χ3n) is 11.8. The molecular weight excluding hydrogens is 756 g/mol. The van der Waals surface area contributed by atoms with E-state index in [2.05, 4.69) is 37.0 Å². The molecule has 2 aliphatic carbocycles. The number of nitrogens with one attached hydrogen (secondary N) is 3. The number of halogens is 1. The number of aromatic nitrogens is 4. The molecule has 3 N–H and O–H groups in total. The molecule has 0 bridgehead atoms. The molecule has 1 aromatic carbocycles. The summed E-state index contributed by atoms with van der Waals surface area (Å²) >= 11 is 0. The van der Waals surface area contributed by atoms with Crippen LogP contribution in [0.15, 0.2) is 48.6 Å². The topological polar surface area (TPSA) is 195 Å². The normalized spacial score (nSPS) is 26.9. The van der Waals surface area contributed by atoms with Crippen LogP contribution in [-0.4, -0.2) is 91.7 Å². The average Bonchev–Trinajstić information content (AvgIpc) is 3.65. The van der Waals surface area contributed by atoms with Gasteiger partial charge in [-0.1, -0.05) is 50.1 Å². The molecule has 57 heavy (non-hydrogen) atoms. The number of hydrogen-bond donors (Lipinski definition) is 3. The van der Waals surface area contributed by atoms with Crippen LogP contribution >= 0.6 is 0 Å². The maximum absolute atomic E-state index is 14.9. The number of hydrogen-bond acceptors (Lipinski definition) is 10. The molecule has 17 heteroatoms. The molecule has 4 amide bonds. The SMILES string of the molecule is C=C1C[C@@]2(C(=O)NS(=O)(=O)C3(C)CC3)NC(=O)[C@@H]3C[C@@H](Oc4nc5c(F)cccc5nc4CC)CN3C(=O)[C@@H](NC(=O)c3cc(C)n(C)n3)CCCCC/C=C\C12.